The van der Waals surface area contributed by atoms with Crippen molar-refractivity contribution in [3.05, 3.63) is 65.9 Å². The molecular weight excluding hydrogens is 634 g/mol. The van der Waals surface area contributed by atoms with Crippen LogP contribution < -0.4 is 0 Å². The lowest BCUT2D eigenvalue weighted by molar-refractivity contribution is 0.0805. The van der Waals surface area contributed by atoms with E-state index in [0.29, 0.717) is 24.1 Å². The van der Waals surface area contributed by atoms with Gasteiger partial charge >= 0.3 is 13.7 Å². The van der Waals surface area contributed by atoms with E-state index in [2.05, 4.69) is 0 Å². The minimum atomic E-state index is -4.08. The van der Waals surface area contributed by atoms with E-state index in [4.69, 9.17) is 48.6 Å². The van der Waals surface area contributed by atoms with Gasteiger partial charge in [0.05, 0.1) is 41.5 Å². The van der Waals surface area contributed by atoms with Crippen molar-refractivity contribution in [3.8, 4) is 0 Å². The number of amides is 1. The molecule has 3 aromatic rings. The molecule has 4 rings (SSSR count). The van der Waals surface area contributed by atoms with Crippen LogP contribution in [0, 0.1) is 0 Å². The zero-order chi connectivity index (χ0) is 29.8. The largest absolute Gasteiger partial charge is 0.445 e. The molecule has 1 atom stereocenters. The zero-order valence-electron chi connectivity index (χ0n) is 22.7. The van der Waals surface area contributed by atoms with Gasteiger partial charge in [0.25, 0.3) is 10.0 Å². The van der Waals surface area contributed by atoms with E-state index >= 15 is 0 Å². The van der Waals surface area contributed by atoms with Gasteiger partial charge in [-0.3, -0.25) is 9.46 Å². The maximum absolute atomic E-state index is 14.2. The summed E-state index contributed by atoms with van der Waals surface area (Å²) in [4.78, 5) is 14.9. The average Bonchev–Trinajstić information content (AvgIpc) is 3.28. The van der Waals surface area contributed by atoms with E-state index in [-0.39, 0.29) is 37.2 Å². The minimum Gasteiger partial charge on any atom is -0.445 e. The highest BCUT2D eigenvalue weighted by Crippen LogP contribution is 2.50. The van der Waals surface area contributed by atoms with Gasteiger partial charge in [0.15, 0.2) is 0 Å². The van der Waals surface area contributed by atoms with Crippen LogP contribution in [0.25, 0.3) is 10.9 Å². The molecule has 0 saturated carbocycles. The summed E-state index contributed by atoms with van der Waals surface area (Å²) >= 11 is 17.5. The molecule has 0 bridgehead atoms. The fourth-order valence-corrected chi connectivity index (χ4v) is 8.64. The summed E-state index contributed by atoms with van der Waals surface area (Å²) in [7, 11) is -7.46. The highest BCUT2D eigenvalue weighted by Gasteiger charge is 2.40. The van der Waals surface area contributed by atoms with Crippen molar-refractivity contribution in [1.29, 1.82) is 0 Å². The number of halogens is 3. The second kappa shape index (κ2) is 13.2. The van der Waals surface area contributed by atoms with Crippen LogP contribution in [0.3, 0.4) is 0 Å². The average molecular weight is 666 g/mol. The van der Waals surface area contributed by atoms with Crippen LogP contribution in [-0.2, 0) is 34.8 Å². The SMILES string of the molecule is CCOP(=O)(CCCC1c2c(c3ccccc3n2S(=O)(=O)c2ccccc2)CCN1C(=O)OCC(Cl)(Cl)Cl)OCC. The number of hydrogen-bond acceptors (Lipinski definition) is 7. The Bertz CT molecular complexity index is 1520. The van der Waals surface area contributed by atoms with Crippen molar-refractivity contribution >= 4 is 69.4 Å². The van der Waals surface area contributed by atoms with Crippen molar-refractivity contribution < 1.29 is 31.6 Å². The third kappa shape index (κ3) is 7.24. The highest BCUT2D eigenvalue weighted by molar-refractivity contribution is 7.90. The van der Waals surface area contributed by atoms with Gasteiger partial charge in [-0.05, 0) is 56.9 Å². The fourth-order valence-electron chi connectivity index (χ4n) is 5.16. The summed E-state index contributed by atoms with van der Waals surface area (Å²) < 4.78 is 57.2. The molecule has 1 aliphatic rings. The molecule has 0 N–H and O–H groups in total. The zero-order valence-corrected chi connectivity index (χ0v) is 26.7. The van der Waals surface area contributed by atoms with E-state index in [1.165, 1.54) is 21.0 Å². The molecular formula is C27H32Cl3N2O7PS. The highest BCUT2D eigenvalue weighted by atomic mass is 35.6. The van der Waals surface area contributed by atoms with Gasteiger partial charge in [-0.2, -0.15) is 0 Å². The van der Waals surface area contributed by atoms with E-state index in [1.54, 1.807) is 44.2 Å². The number of nitrogens with zero attached hydrogens (tertiary/aromatic N) is 2. The molecule has 1 unspecified atom stereocenters. The molecule has 1 aromatic heterocycles. The lowest BCUT2D eigenvalue weighted by atomic mass is 9.95. The van der Waals surface area contributed by atoms with Crippen LogP contribution in [0.2, 0.25) is 0 Å². The normalized spacial score (nSPS) is 16.1. The number of aromatic nitrogens is 1. The van der Waals surface area contributed by atoms with Gasteiger partial charge in [0.2, 0.25) is 3.79 Å². The second-order valence-corrected chi connectivity index (χ2v) is 15.9. The van der Waals surface area contributed by atoms with Crippen molar-refractivity contribution in [1.82, 2.24) is 8.87 Å². The van der Waals surface area contributed by atoms with E-state index in [1.807, 2.05) is 12.1 Å². The van der Waals surface area contributed by atoms with Crippen molar-refractivity contribution in [2.24, 2.45) is 0 Å². The third-order valence-corrected chi connectivity index (χ3v) is 10.9. The number of rotatable bonds is 11. The molecule has 0 spiro atoms. The number of carbonyl (C=O) groups excluding carboxylic acids is 1. The first-order chi connectivity index (χ1) is 19.4. The van der Waals surface area contributed by atoms with Crippen LogP contribution in [0.1, 0.15) is 44.0 Å². The number of benzene rings is 2. The maximum atomic E-state index is 14.2. The number of carbonyl (C=O) groups is 1. The summed E-state index contributed by atoms with van der Waals surface area (Å²) in [5, 5.41) is 0.774. The second-order valence-electron chi connectivity index (χ2n) is 9.40. The summed E-state index contributed by atoms with van der Waals surface area (Å²) in [6.07, 6.45) is 0.272. The molecule has 1 amide bonds. The minimum absolute atomic E-state index is 0.0865. The van der Waals surface area contributed by atoms with Gasteiger partial charge in [-0.15, -0.1) is 0 Å². The molecule has 1 aliphatic heterocycles. The first-order valence-electron chi connectivity index (χ1n) is 13.2. The fraction of sp³-hybridized carbons (Fsp3) is 0.444. The predicted molar refractivity (Wildman–Crippen MR) is 161 cm³/mol. The molecule has 2 heterocycles. The maximum Gasteiger partial charge on any atom is 0.410 e. The molecule has 0 saturated heterocycles. The van der Waals surface area contributed by atoms with Gasteiger partial charge in [-0.25, -0.2) is 17.2 Å². The van der Waals surface area contributed by atoms with Crippen LogP contribution >= 0.6 is 42.4 Å². The van der Waals surface area contributed by atoms with E-state index in [9.17, 15) is 17.8 Å². The van der Waals surface area contributed by atoms with E-state index in [0.717, 1.165) is 10.9 Å². The lowest BCUT2D eigenvalue weighted by Gasteiger charge is -2.36. The number of alkyl halides is 3. The molecule has 0 fully saturated rings. The van der Waals surface area contributed by atoms with Gasteiger partial charge in [-0.1, -0.05) is 71.2 Å². The van der Waals surface area contributed by atoms with Gasteiger partial charge in [0, 0.05) is 11.9 Å². The Morgan fingerprint density at radius 1 is 1.02 bits per heavy atom. The van der Waals surface area contributed by atoms with Crippen LogP contribution in [-0.4, -0.2) is 59.7 Å². The monoisotopic (exact) mass is 664 g/mol. The quantitative estimate of drug-likeness (QED) is 0.156. The molecule has 224 valence electrons. The molecule has 2 aromatic carbocycles. The smallest absolute Gasteiger partial charge is 0.410 e. The standard InChI is InChI=1S/C27H32Cl3N2O7PS/c1-3-38-40(34,39-4-2)18-10-15-24-25-22(16-17-31(24)26(33)37-19-27(28,29)30)21-13-8-9-14-23(21)32(25)41(35,36)20-11-6-5-7-12-20/h5-9,11-14,24H,3-4,10,15-19H2,1-2H3. The summed E-state index contributed by atoms with van der Waals surface area (Å²) in [5.74, 6) is 0. The van der Waals surface area contributed by atoms with Crippen molar-refractivity contribution in [3.63, 3.8) is 0 Å². The summed E-state index contributed by atoms with van der Waals surface area (Å²) in [6, 6.07) is 14.6. The topological polar surface area (TPSA) is 104 Å². The first kappa shape index (κ1) is 32.1. The van der Waals surface area contributed by atoms with Gasteiger partial charge in [0.1, 0.15) is 6.61 Å². The first-order valence-corrected chi connectivity index (χ1v) is 17.5. The third-order valence-electron chi connectivity index (χ3n) is 6.71. The Morgan fingerprint density at radius 2 is 1.66 bits per heavy atom. The number of fused-ring (bicyclic) bond motifs is 3. The molecule has 0 radical (unpaired) electrons. The van der Waals surface area contributed by atoms with Crippen molar-refractivity contribution in [2.45, 2.75) is 47.8 Å². The van der Waals surface area contributed by atoms with Crippen molar-refractivity contribution in [2.75, 3.05) is 32.5 Å². The Balaban J connectivity index is 1.83. The number of hydrogen-bond donors (Lipinski definition) is 0. The number of ether oxygens (including phenoxy) is 1. The van der Waals surface area contributed by atoms with E-state index < -0.39 is 40.2 Å². The predicted octanol–water partition coefficient (Wildman–Crippen LogP) is 7.33. The van der Waals surface area contributed by atoms with Crippen LogP contribution in [0.4, 0.5) is 4.79 Å². The lowest BCUT2D eigenvalue weighted by Crippen LogP contribution is -2.42. The molecule has 14 heteroatoms. The van der Waals surface area contributed by atoms with Crippen LogP contribution in [0.15, 0.2) is 59.5 Å². The Labute approximate surface area is 255 Å². The molecule has 9 nitrogen and oxygen atoms in total. The van der Waals surface area contributed by atoms with Crippen LogP contribution in [0.5, 0.6) is 0 Å². The Kier molecular flexibility index (Phi) is 10.4. The van der Waals surface area contributed by atoms with Gasteiger partial charge < -0.3 is 13.8 Å². The Morgan fingerprint density at radius 3 is 2.29 bits per heavy atom. The molecule has 41 heavy (non-hydrogen) atoms. The summed E-state index contributed by atoms with van der Waals surface area (Å²) in [5.41, 5.74) is 1.75. The Hall–Kier alpha value is -1.78. The molecule has 0 aliphatic carbocycles. The summed E-state index contributed by atoms with van der Waals surface area (Å²) in [6.45, 7) is 3.64. The number of para-hydroxylation sites is 1.